The summed E-state index contributed by atoms with van der Waals surface area (Å²) >= 11 is 0. The maximum atomic E-state index is 12.1. The van der Waals surface area contributed by atoms with E-state index >= 15 is 0 Å². The minimum atomic E-state index is -0.582. The Labute approximate surface area is 194 Å². The Morgan fingerprint density at radius 1 is 0.939 bits per heavy atom. The fourth-order valence-electron chi connectivity index (χ4n) is 4.31. The van der Waals surface area contributed by atoms with Gasteiger partial charge in [0, 0.05) is 42.5 Å². The van der Waals surface area contributed by atoms with E-state index in [1.54, 1.807) is 6.92 Å². The molecule has 2 aromatic heterocycles. The zero-order valence-corrected chi connectivity index (χ0v) is 19.2. The van der Waals surface area contributed by atoms with Crippen LogP contribution in [0.2, 0.25) is 0 Å². The molecule has 0 fully saturated rings. The maximum Gasteiger partial charge on any atom is 0.335 e. The number of carbonyl (C=O) groups is 1. The van der Waals surface area contributed by atoms with Crippen molar-refractivity contribution in [2.24, 2.45) is 0 Å². The van der Waals surface area contributed by atoms with Crippen molar-refractivity contribution in [1.29, 1.82) is 0 Å². The molecule has 6 heteroatoms. The number of carbonyl (C=O) groups excluding carboxylic acids is 1. The van der Waals surface area contributed by atoms with Crippen LogP contribution in [0.1, 0.15) is 49.6 Å². The molecule has 1 aromatic carbocycles. The van der Waals surface area contributed by atoms with E-state index in [-0.39, 0.29) is 11.9 Å². The lowest BCUT2D eigenvalue weighted by Crippen LogP contribution is -2.28. The van der Waals surface area contributed by atoms with Crippen molar-refractivity contribution in [3.63, 3.8) is 0 Å². The molecule has 3 aromatic rings. The first-order valence-electron chi connectivity index (χ1n) is 11.6. The summed E-state index contributed by atoms with van der Waals surface area (Å²) in [4.78, 5) is 21.3. The van der Waals surface area contributed by atoms with E-state index in [0.29, 0.717) is 26.2 Å². The van der Waals surface area contributed by atoms with Crippen LogP contribution in [0, 0.1) is 0 Å². The van der Waals surface area contributed by atoms with Gasteiger partial charge in [0.05, 0.1) is 24.6 Å². The number of fused-ring (bicyclic) bond motifs is 3. The van der Waals surface area contributed by atoms with Gasteiger partial charge in [0.15, 0.2) is 6.10 Å². The molecule has 1 atom stereocenters. The lowest BCUT2D eigenvalue weighted by atomic mass is 9.99. The molecule has 0 N–H and O–H groups in total. The molecule has 0 spiro atoms. The van der Waals surface area contributed by atoms with E-state index in [9.17, 15) is 4.79 Å². The average molecular weight is 447 g/mol. The normalized spacial score (nSPS) is 13.3. The van der Waals surface area contributed by atoms with E-state index in [0.717, 1.165) is 35.5 Å². The Kier molecular flexibility index (Phi) is 7.68. The molecular weight excluding hydrogens is 416 g/mol. The summed E-state index contributed by atoms with van der Waals surface area (Å²) in [5, 5.41) is 0. The molecular formula is C27H30N2O4. The zero-order valence-electron chi connectivity index (χ0n) is 19.2. The van der Waals surface area contributed by atoms with E-state index in [1.807, 2.05) is 55.7 Å². The highest BCUT2D eigenvalue weighted by atomic mass is 16.6. The SMILES string of the molecule is CCOC(=O)C(Cc1ccc(OCCCC2c3ncccc3-c3cccnc32)cc1)OCC. The minimum Gasteiger partial charge on any atom is -0.494 e. The number of esters is 1. The first kappa shape index (κ1) is 22.9. The van der Waals surface area contributed by atoms with Gasteiger partial charge in [-0.3, -0.25) is 9.97 Å². The largest absolute Gasteiger partial charge is 0.494 e. The summed E-state index contributed by atoms with van der Waals surface area (Å²) in [5.74, 6) is 0.701. The zero-order chi connectivity index (χ0) is 23.0. The number of rotatable bonds is 11. The molecule has 4 rings (SSSR count). The fraction of sp³-hybridized carbons (Fsp3) is 0.370. The summed E-state index contributed by atoms with van der Waals surface area (Å²) in [6.45, 7) is 5.10. The first-order chi connectivity index (χ1) is 16.2. The van der Waals surface area contributed by atoms with Crippen LogP contribution in [-0.4, -0.2) is 41.9 Å². The molecule has 172 valence electrons. The third kappa shape index (κ3) is 5.40. The van der Waals surface area contributed by atoms with Crippen molar-refractivity contribution in [2.45, 2.75) is 45.1 Å². The van der Waals surface area contributed by atoms with Gasteiger partial charge in [-0.05, 0) is 56.5 Å². The Hall–Kier alpha value is -3.25. The lowest BCUT2D eigenvalue weighted by Gasteiger charge is -2.16. The number of pyridine rings is 2. The fourth-order valence-corrected chi connectivity index (χ4v) is 4.31. The highest BCUT2D eigenvalue weighted by molar-refractivity contribution is 5.76. The predicted octanol–water partition coefficient (Wildman–Crippen LogP) is 4.96. The van der Waals surface area contributed by atoms with Crippen LogP contribution in [0.4, 0.5) is 0 Å². The molecule has 0 radical (unpaired) electrons. The molecule has 0 aliphatic heterocycles. The van der Waals surface area contributed by atoms with Gasteiger partial charge in [-0.15, -0.1) is 0 Å². The van der Waals surface area contributed by atoms with Crippen molar-refractivity contribution in [2.75, 3.05) is 19.8 Å². The number of benzene rings is 1. The Bertz CT molecular complexity index is 1020. The molecule has 33 heavy (non-hydrogen) atoms. The van der Waals surface area contributed by atoms with Gasteiger partial charge >= 0.3 is 5.97 Å². The van der Waals surface area contributed by atoms with Crippen LogP contribution in [0.15, 0.2) is 60.9 Å². The number of hydrogen-bond acceptors (Lipinski definition) is 6. The van der Waals surface area contributed by atoms with E-state index in [4.69, 9.17) is 14.2 Å². The second-order valence-corrected chi connectivity index (χ2v) is 7.96. The standard InChI is InChI=1S/C27H30N2O4/c1-3-31-24(27(30)32-4-2)18-19-11-13-20(14-12-19)33-17-7-10-23-25-21(8-5-15-28-25)22-9-6-16-29-26(22)23/h5-6,8-9,11-16,23-24H,3-4,7,10,17-18H2,1-2H3. The van der Waals surface area contributed by atoms with Crippen LogP contribution < -0.4 is 4.74 Å². The molecule has 1 aliphatic rings. The predicted molar refractivity (Wildman–Crippen MR) is 126 cm³/mol. The van der Waals surface area contributed by atoms with Crippen LogP contribution >= 0.6 is 0 Å². The summed E-state index contributed by atoms with van der Waals surface area (Å²) in [6, 6.07) is 16.0. The van der Waals surface area contributed by atoms with Crippen molar-refractivity contribution in [3.8, 4) is 16.9 Å². The molecule has 6 nitrogen and oxygen atoms in total. The van der Waals surface area contributed by atoms with Gasteiger partial charge in [-0.2, -0.15) is 0 Å². The van der Waals surface area contributed by atoms with Crippen molar-refractivity contribution in [1.82, 2.24) is 9.97 Å². The molecule has 0 bridgehead atoms. The monoisotopic (exact) mass is 446 g/mol. The Morgan fingerprint density at radius 3 is 2.21 bits per heavy atom. The average Bonchev–Trinajstić information content (AvgIpc) is 3.16. The number of hydrogen-bond donors (Lipinski definition) is 0. The van der Waals surface area contributed by atoms with Gasteiger partial charge in [0.2, 0.25) is 0 Å². The van der Waals surface area contributed by atoms with Gasteiger partial charge in [-0.1, -0.05) is 24.3 Å². The molecule has 0 saturated carbocycles. The van der Waals surface area contributed by atoms with Crippen LogP contribution in [-0.2, 0) is 20.7 Å². The van der Waals surface area contributed by atoms with Gasteiger partial charge in [-0.25, -0.2) is 4.79 Å². The maximum absolute atomic E-state index is 12.1. The summed E-state index contributed by atoms with van der Waals surface area (Å²) in [6.07, 6.45) is 5.44. The Morgan fingerprint density at radius 2 is 1.61 bits per heavy atom. The van der Waals surface area contributed by atoms with E-state index < -0.39 is 6.10 Å². The number of nitrogens with zero attached hydrogens (tertiary/aromatic N) is 2. The molecule has 1 unspecified atom stereocenters. The minimum absolute atomic E-state index is 0.210. The number of ether oxygens (including phenoxy) is 3. The summed E-state index contributed by atoms with van der Waals surface area (Å²) in [5.41, 5.74) is 5.61. The first-order valence-corrected chi connectivity index (χ1v) is 11.6. The van der Waals surface area contributed by atoms with Crippen molar-refractivity contribution in [3.05, 3.63) is 77.9 Å². The smallest absolute Gasteiger partial charge is 0.335 e. The highest BCUT2D eigenvalue weighted by Gasteiger charge is 2.30. The molecule has 1 aliphatic carbocycles. The third-order valence-electron chi connectivity index (χ3n) is 5.80. The second kappa shape index (κ2) is 11.1. The molecule has 0 saturated heterocycles. The van der Waals surface area contributed by atoms with Gasteiger partial charge < -0.3 is 14.2 Å². The second-order valence-electron chi connectivity index (χ2n) is 7.96. The molecule has 2 heterocycles. The Balaban J connectivity index is 1.30. The quantitative estimate of drug-likeness (QED) is 0.306. The van der Waals surface area contributed by atoms with Crippen LogP contribution in [0.3, 0.4) is 0 Å². The molecule has 0 amide bonds. The number of aromatic nitrogens is 2. The van der Waals surface area contributed by atoms with Gasteiger partial charge in [0.25, 0.3) is 0 Å². The van der Waals surface area contributed by atoms with Gasteiger partial charge in [0.1, 0.15) is 5.75 Å². The van der Waals surface area contributed by atoms with Crippen LogP contribution in [0.5, 0.6) is 5.75 Å². The lowest BCUT2D eigenvalue weighted by molar-refractivity contribution is -0.156. The summed E-state index contributed by atoms with van der Waals surface area (Å²) < 4.78 is 16.6. The van der Waals surface area contributed by atoms with E-state index in [2.05, 4.69) is 22.1 Å². The highest BCUT2D eigenvalue weighted by Crippen LogP contribution is 2.44. The third-order valence-corrected chi connectivity index (χ3v) is 5.80. The summed E-state index contributed by atoms with van der Waals surface area (Å²) in [7, 11) is 0. The van der Waals surface area contributed by atoms with Crippen LogP contribution in [0.25, 0.3) is 11.1 Å². The van der Waals surface area contributed by atoms with Crippen molar-refractivity contribution < 1.29 is 19.0 Å². The van der Waals surface area contributed by atoms with Crippen molar-refractivity contribution >= 4 is 5.97 Å². The topological polar surface area (TPSA) is 70.5 Å². The van der Waals surface area contributed by atoms with E-state index in [1.165, 1.54) is 11.1 Å².